The summed E-state index contributed by atoms with van der Waals surface area (Å²) in [5, 5.41) is 0.565. The average molecular weight is 246 g/mol. The lowest BCUT2D eigenvalue weighted by Crippen LogP contribution is -2.12. The summed E-state index contributed by atoms with van der Waals surface area (Å²) < 4.78 is 10.4. The number of benzene rings is 1. The smallest absolute Gasteiger partial charge is 0.179 e. The second-order valence-corrected chi connectivity index (χ2v) is 3.61. The van der Waals surface area contributed by atoms with Gasteiger partial charge in [0.1, 0.15) is 0 Å². The Morgan fingerprint density at radius 1 is 1.25 bits per heavy atom. The van der Waals surface area contributed by atoms with Crippen molar-refractivity contribution in [2.45, 2.75) is 13.5 Å². The van der Waals surface area contributed by atoms with Gasteiger partial charge in [-0.3, -0.25) is 0 Å². The van der Waals surface area contributed by atoms with Gasteiger partial charge in [0.2, 0.25) is 0 Å². The van der Waals surface area contributed by atoms with Crippen LogP contribution in [0.3, 0.4) is 0 Å². The second kappa shape index (κ2) is 5.94. The Kier molecular flexibility index (Phi) is 4.86. The molecule has 4 nitrogen and oxygen atoms in total. The molecule has 0 unspecified atom stereocenters. The maximum absolute atomic E-state index is 6.19. The monoisotopic (exact) mass is 245 g/mol. The molecule has 16 heavy (non-hydrogen) atoms. The molecular formula is C11H16ClNO3. The van der Waals surface area contributed by atoms with E-state index < -0.39 is 0 Å². The molecule has 0 fully saturated rings. The molecule has 0 aliphatic heterocycles. The molecule has 0 saturated heterocycles. The first-order valence-electron chi connectivity index (χ1n) is 4.81. The van der Waals surface area contributed by atoms with E-state index in [-0.39, 0.29) is 0 Å². The standard InChI is InChI=1S/C11H16ClNO3/c1-7-8(6-13-16-4)5-9(14-2)11(15-3)10(7)12/h5,13H,6H2,1-4H3. The van der Waals surface area contributed by atoms with Crippen molar-refractivity contribution in [3.63, 3.8) is 0 Å². The fourth-order valence-electron chi connectivity index (χ4n) is 1.43. The largest absolute Gasteiger partial charge is 0.493 e. The molecule has 0 heterocycles. The molecule has 1 aromatic carbocycles. The number of hydroxylamine groups is 1. The van der Waals surface area contributed by atoms with Crippen molar-refractivity contribution in [1.29, 1.82) is 0 Å². The van der Waals surface area contributed by atoms with Crippen LogP contribution in [0.2, 0.25) is 5.02 Å². The summed E-state index contributed by atoms with van der Waals surface area (Å²) in [7, 11) is 4.71. The van der Waals surface area contributed by atoms with E-state index in [0.717, 1.165) is 11.1 Å². The summed E-state index contributed by atoms with van der Waals surface area (Å²) in [6, 6.07) is 1.88. The predicted molar refractivity (Wildman–Crippen MR) is 63.1 cm³/mol. The maximum Gasteiger partial charge on any atom is 0.179 e. The molecule has 0 aliphatic rings. The topological polar surface area (TPSA) is 39.7 Å². The van der Waals surface area contributed by atoms with Gasteiger partial charge in [-0.1, -0.05) is 11.6 Å². The highest BCUT2D eigenvalue weighted by Crippen LogP contribution is 2.39. The van der Waals surface area contributed by atoms with Gasteiger partial charge in [0.15, 0.2) is 11.5 Å². The summed E-state index contributed by atoms with van der Waals surface area (Å²) in [4.78, 5) is 4.81. The zero-order valence-electron chi connectivity index (χ0n) is 9.89. The Morgan fingerprint density at radius 3 is 2.44 bits per heavy atom. The minimum absolute atomic E-state index is 0.558. The fraction of sp³-hybridized carbons (Fsp3) is 0.455. The average Bonchev–Trinajstić information content (AvgIpc) is 2.30. The predicted octanol–water partition coefficient (Wildman–Crippen LogP) is 2.32. The highest BCUT2D eigenvalue weighted by molar-refractivity contribution is 6.33. The highest BCUT2D eigenvalue weighted by atomic mass is 35.5. The van der Waals surface area contributed by atoms with Crippen LogP contribution in [0.25, 0.3) is 0 Å². The molecule has 90 valence electrons. The van der Waals surface area contributed by atoms with Crippen LogP contribution in [0, 0.1) is 6.92 Å². The van der Waals surface area contributed by atoms with Crippen LogP contribution in [-0.4, -0.2) is 21.3 Å². The van der Waals surface area contributed by atoms with Gasteiger partial charge in [0.25, 0.3) is 0 Å². The Bertz CT molecular complexity index is 369. The van der Waals surface area contributed by atoms with Crippen LogP contribution in [0.1, 0.15) is 11.1 Å². The normalized spacial score (nSPS) is 10.3. The third-order valence-corrected chi connectivity index (χ3v) is 2.83. The molecule has 0 radical (unpaired) electrons. The van der Waals surface area contributed by atoms with Gasteiger partial charge in [-0.25, -0.2) is 0 Å². The number of rotatable bonds is 5. The summed E-state index contributed by atoms with van der Waals surface area (Å²) in [6.45, 7) is 2.49. The van der Waals surface area contributed by atoms with E-state index in [9.17, 15) is 0 Å². The van der Waals surface area contributed by atoms with Crippen LogP contribution in [0.5, 0.6) is 11.5 Å². The summed E-state index contributed by atoms with van der Waals surface area (Å²) in [5.41, 5.74) is 4.72. The molecule has 1 rings (SSSR count). The van der Waals surface area contributed by atoms with E-state index in [1.807, 2.05) is 13.0 Å². The van der Waals surface area contributed by atoms with Gasteiger partial charge in [0.05, 0.1) is 26.4 Å². The molecule has 0 aliphatic carbocycles. The molecule has 1 N–H and O–H groups in total. The Morgan fingerprint density at radius 2 is 1.94 bits per heavy atom. The van der Waals surface area contributed by atoms with Crippen molar-refractivity contribution < 1.29 is 14.3 Å². The number of methoxy groups -OCH3 is 2. The first-order chi connectivity index (χ1) is 7.65. The van der Waals surface area contributed by atoms with Crippen molar-refractivity contribution in [3.8, 4) is 11.5 Å². The molecule has 0 atom stereocenters. The zero-order valence-corrected chi connectivity index (χ0v) is 10.6. The first-order valence-corrected chi connectivity index (χ1v) is 5.19. The molecule has 0 saturated carbocycles. The van der Waals surface area contributed by atoms with Gasteiger partial charge >= 0.3 is 0 Å². The fourth-order valence-corrected chi connectivity index (χ4v) is 1.72. The minimum Gasteiger partial charge on any atom is -0.493 e. The maximum atomic E-state index is 6.19. The van der Waals surface area contributed by atoms with Crippen molar-refractivity contribution in [2.75, 3.05) is 21.3 Å². The number of hydrogen-bond acceptors (Lipinski definition) is 4. The first kappa shape index (κ1) is 13.1. The van der Waals surface area contributed by atoms with Crippen LogP contribution in [0.4, 0.5) is 0 Å². The lowest BCUT2D eigenvalue weighted by molar-refractivity contribution is 0.0865. The molecular weight excluding hydrogens is 230 g/mol. The van der Waals surface area contributed by atoms with Gasteiger partial charge in [-0.2, -0.15) is 5.48 Å². The molecule has 5 heteroatoms. The van der Waals surface area contributed by atoms with Crippen LogP contribution in [0.15, 0.2) is 6.07 Å². The number of ether oxygens (including phenoxy) is 2. The number of hydrogen-bond donors (Lipinski definition) is 1. The lowest BCUT2D eigenvalue weighted by atomic mass is 10.1. The van der Waals surface area contributed by atoms with Crippen molar-refractivity contribution in [2.24, 2.45) is 0 Å². The summed E-state index contributed by atoms with van der Waals surface area (Å²) >= 11 is 6.19. The van der Waals surface area contributed by atoms with E-state index in [2.05, 4.69) is 5.48 Å². The van der Waals surface area contributed by atoms with E-state index in [0.29, 0.717) is 23.1 Å². The van der Waals surface area contributed by atoms with Crippen LogP contribution in [-0.2, 0) is 11.4 Å². The second-order valence-electron chi connectivity index (χ2n) is 3.24. The van der Waals surface area contributed by atoms with Crippen LogP contribution < -0.4 is 15.0 Å². The molecule has 0 amide bonds. The van der Waals surface area contributed by atoms with E-state index in [1.165, 1.54) is 0 Å². The van der Waals surface area contributed by atoms with Gasteiger partial charge < -0.3 is 14.3 Å². The SMILES string of the molecule is CONCc1cc(OC)c(OC)c(Cl)c1C. The van der Waals surface area contributed by atoms with E-state index in [4.69, 9.17) is 25.9 Å². The van der Waals surface area contributed by atoms with E-state index in [1.54, 1.807) is 21.3 Å². The molecule has 0 bridgehead atoms. The van der Waals surface area contributed by atoms with Gasteiger partial charge in [-0.05, 0) is 24.1 Å². The van der Waals surface area contributed by atoms with Gasteiger partial charge in [0, 0.05) is 6.54 Å². The Balaban J connectivity index is 3.16. The quantitative estimate of drug-likeness (QED) is 0.809. The van der Waals surface area contributed by atoms with Crippen molar-refractivity contribution in [1.82, 2.24) is 5.48 Å². The Labute approximate surface area is 100 Å². The summed E-state index contributed by atoms with van der Waals surface area (Å²) in [5.74, 6) is 1.17. The van der Waals surface area contributed by atoms with Crippen molar-refractivity contribution >= 4 is 11.6 Å². The van der Waals surface area contributed by atoms with Gasteiger partial charge in [-0.15, -0.1) is 0 Å². The third-order valence-electron chi connectivity index (χ3n) is 2.37. The van der Waals surface area contributed by atoms with Crippen LogP contribution >= 0.6 is 11.6 Å². The molecule has 0 aromatic heterocycles. The third kappa shape index (κ3) is 2.58. The van der Waals surface area contributed by atoms with E-state index >= 15 is 0 Å². The van der Waals surface area contributed by atoms with Crippen molar-refractivity contribution in [3.05, 3.63) is 22.2 Å². The summed E-state index contributed by atoms with van der Waals surface area (Å²) in [6.07, 6.45) is 0. The zero-order chi connectivity index (χ0) is 12.1. The minimum atomic E-state index is 0.558. The Hall–Kier alpha value is -0.970. The highest BCUT2D eigenvalue weighted by Gasteiger charge is 2.15. The molecule has 0 spiro atoms. The molecule has 1 aromatic rings. The number of halogens is 1. The number of nitrogens with one attached hydrogen (secondary N) is 1. The lowest BCUT2D eigenvalue weighted by Gasteiger charge is -2.15.